The number of aromatic nitrogens is 2. The molecule has 0 aliphatic heterocycles. The Hall–Kier alpha value is -1.32. The lowest BCUT2D eigenvalue weighted by atomic mass is 10.2. The molecule has 1 N–H and O–H groups in total. The molecular weight excluding hydrogens is 178 g/mol. The van der Waals surface area contributed by atoms with Crippen LogP contribution in [0, 0.1) is 0 Å². The second-order valence-corrected chi connectivity index (χ2v) is 3.27. The van der Waals surface area contributed by atoms with Crippen molar-refractivity contribution in [2.75, 3.05) is 6.54 Å². The van der Waals surface area contributed by atoms with E-state index in [1.165, 1.54) is 0 Å². The molecule has 0 aliphatic rings. The molecule has 0 radical (unpaired) electrons. The summed E-state index contributed by atoms with van der Waals surface area (Å²) in [6.07, 6.45) is 3.51. The first kappa shape index (κ1) is 10.8. The third-order valence-corrected chi connectivity index (χ3v) is 2.02. The monoisotopic (exact) mass is 195 g/mol. The summed E-state index contributed by atoms with van der Waals surface area (Å²) in [4.78, 5) is 11.6. The van der Waals surface area contributed by atoms with Crippen LogP contribution < -0.4 is 5.32 Å². The fourth-order valence-corrected chi connectivity index (χ4v) is 1.32. The summed E-state index contributed by atoms with van der Waals surface area (Å²) in [6.45, 7) is 4.75. The Morgan fingerprint density at radius 1 is 1.57 bits per heavy atom. The largest absolute Gasteiger partial charge is 0.352 e. The number of aryl methyl sites for hydroxylation is 2. The molecule has 0 bridgehead atoms. The zero-order chi connectivity index (χ0) is 10.6. The van der Waals surface area contributed by atoms with Crippen molar-refractivity contribution < 1.29 is 4.79 Å². The van der Waals surface area contributed by atoms with Crippen LogP contribution in [0.4, 0.5) is 0 Å². The van der Waals surface area contributed by atoms with Crippen molar-refractivity contribution in [3.8, 4) is 0 Å². The number of nitrogens with zero attached hydrogens (tertiary/aromatic N) is 2. The topological polar surface area (TPSA) is 46.9 Å². The average Bonchev–Trinajstić information content (AvgIpc) is 2.56. The highest BCUT2D eigenvalue weighted by Gasteiger charge is 2.12. The van der Waals surface area contributed by atoms with Crippen LogP contribution in [-0.2, 0) is 13.5 Å². The molecule has 0 aliphatic carbocycles. The minimum Gasteiger partial charge on any atom is -0.352 e. The molecule has 0 atom stereocenters. The van der Waals surface area contributed by atoms with E-state index in [0.717, 1.165) is 25.1 Å². The van der Waals surface area contributed by atoms with E-state index in [1.54, 1.807) is 10.9 Å². The summed E-state index contributed by atoms with van der Waals surface area (Å²) in [5, 5.41) is 7.06. The van der Waals surface area contributed by atoms with Gasteiger partial charge >= 0.3 is 0 Å². The van der Waals surface area contributed by atoms with Crippen LogP contribution in [0.2, 0.25) is 0 Å². The van der Waals surface area contributed by atoms with Crippen LogP contribution in [0.1, 0.15) is 36.3 Å². The summed E-state index contributed by atoms with van der Waals surface area (Å²) in [5.74, 6) is -0.0169. The molecule has 4 heteroatoms. The van der Waals surface area contributed by atoms with E-state index in [2.05, 4.69) is 10.4 Å². The van der Waals surface area contributed by atoms with Gasteiger partial charge in [-0.2, -0.15) is 5.10 Å². The third kappa shape index (κ3) is 2.34. The number of nitrogens with one attached hydrogen (secondary N) is 1. The standard InChI is InChI=1S/C10H17N3O/c1-4-6-11-10(14)8-7-13(3)12-9(8)5-2/h7H,4-6H2,1-3H3,(H,11,14). The van der Waals surface area contributed by atoms with Gasteiger partial charge in [0, 0.05) is 19.8 Å². The lowest BCUT2D eigenvalue weighted by Crippen LogP contribution is -2.24. The van der Waals surface area contributed by atoms with Gasteiger partial charge in [0.1, 0.15) is 0 Å². The van der Waals surface area contributed by atoms with E-state index in [1.807, 2.05) is 20.9 Å². The normalized spacial score (nSPS) is 10.2. The summed E-state index contributed by atoms with van der Waals surface area (Å²) >= 11 is 0. The van der Waals surface area contributed by atoms with Gasteiger partial charge in [-0.25, -0.2) is 0 Å². The van der Waals surface area contributed by atoms with E-state index in [-0.39, 0.29) is 5.91 Å². The predicted octanol–water partition coefficient (Wildman–Crippen LogP) is 1.12. The number of hydrogen-bond donors (Lipinski definition) is 1. The van der Waals surface area contributed by atoms with Gasteiger partial charge < -0.3 is 5.32 Å². The lowest BCUT2D eigenvalue weighted by molar-refractivity contribution is 0.0952. The van der Waals surface area contributed by atoms with Gasteiger partial charge in [0.05, 0.1) is 11.3 Å². The Bertz CT molecular complexity index is 317. The molecule has 4 nitrogen and oxygen atoms in total. The van der Waals surface area contributed by atoms with Gasteiger partial charge in [-0.1, -0.05) is 13.8 Å². The van der Waals surface area contributed by atoms with Crippen LogP contribution in [-0.4, -0.2) is 22.2 Å². The van der Waals surface area contributed by atoms with E-state index < -0.39 is 0 Å². The molecule has 1 amide bonds. The highest BCUT2D eigenvalue weighted by molar-refractivity contribution is 5.95. The lowest BCUT2D eigenvalue weighted by Gasteiger charge is -2.01. The maximum absolute atomic E-state index is 11.6. The SMILES string of the molecule is CCCNC(=O)c1cn(C)nc1CC. The molecule has 0 saturated heterocycles. The second-order valence-electron chi connectivity index (χ2n) is 3.27. The molecular formula is C10H17N3O. The Balaban J connectivity index is 2.77. The first-order chi connectivity index (χ1) is 6.69. The van der Waals surface area contributed by atoms with E-state index in [0.29, 0.717) is 5.56 Å². The van der Waals surface area contributed by atoms with Crippen LogP contribution in [0.5, 0.6) is 0 Å². The zero-order valence-corrected chi connectivity index (χ0v) is 9.00. The van der Waals surface area contributed by atoms with Crippen molar-refractivity contribution in [2.24, 2.45) is 7.05 Å². The maximum atomic E-state index is 11.6. The Morgan fingerprint density at radius 3 is 2.86 bits per heavy atom. The average molecular weight is 195 g/mol. The van der Waals surface area contributed by atoms with Gasteiger partial charge in [-0.15, -0.1) is 0 Å². The summed E-state index contributed by atoms with van der Waals surface area (Å²) < 4.78 is 1.68. The predicted molar refractivity (Wildman–Crippen MR) is 55.2 cm³/mol. The van der Waals surface area contributed by atoms with Gasteiger partial charge in [-0.05, 0) is 12.8 Å². The molecule has 1 rings (SSSR count). The van der Waals surface area contributed by atoms with Gasteiger partial charge in [0.15, 0.2) is 0 Å². The van der Waals surface area contributed by atoms with Crippen LogP contribution in [0.15, 0.2) is 6.20 Å². The van der Waals surface area contributed by atoms with E-state index in [4.69, 9.17) is 0 Å². The molecule has 0 aromatic carbocycles. The van der Waals surface area contributed by atoms with Crippen molar-refractivity contribution in [3.63, 3.8) is 0 Å². The van der Waals surface area contributed by atoms with Gasteiger partial charge in [0.2, 0.25) is 0 Å². The molecule has 1 aromatic rings. The first-order valence-electron chi connectivity index (χ1n) is 4.99. The molecule has 14 heavy (non-hydrogen) atoms. The quantitative estimate of drug-likeness (QED) is 0.782. The zero-order valence-electron chi connectivity index (χ0n) is 9.00. The molecule has 0 fully saturated rings. The summed E-state index contributed by atoms with van der Waals surface area (Å²) in [5.41, 5.74) is 1.56. The fraction of sp³-hybridized carbons (Fsp3) is 0.600. The third-order valence-electron chi connectivity index (χ3n) is 2.02. The molecule has 0 unspecified atom stereocenters. The van der Waals surface area contributed by atoms with Gasteiger partial charge in [0.25, 0.3) is 5.91 Å². The highest BCUT2D eigenvalue weighted by atomic mass is 16.1. The van der Waals surface area contributed by atoms with Crippen molar-refractivity contribution in [2.45, 2.75) is 26.7 Å². The number of hydrogen-bond acceptors (Lipinski definition) is 2. The van der Waals surface area contributed by atoms with Crippen molar-refractivity contribution in [3.05, 3.63) is 17.5 Å². The van der Waals surface area contributed by atoms with Crippen molar-refractivity contribution in [1.82, 2.24) is 15.1 Å². The van der Waals surface area contributed by atoms with Crippen molar-refractivity contribution in [1.29, 1.82) is 0 Å². The Kier molecular flexibility index (Phi) is 3.68. The van der Waals surface area contributed by atoms with Crippen LogP contribution in [0.25, 0.3) is 0 Å². The molecule has 1 aromatic heterocycles. The summed E-state index contributed by atoms with van der Waals surface area (Å²) in [7, 11) is 1.83. The smallest absolute Gasteiger partial charge is 0.254 e. The number of carbonyl (C=O) groups is 1. The Morgan fingerprint density at radius 2 is 2.29 bits per heavy atom. The minimum absolute atomic E-state index is 0.0169. The van der Waals surface area contributed by atoms with E-state index in [9.17, 15) is 4.79 Å². The fourth-order valence-electron chi connectivity index (χ4n) is 1.32. The van der Waals surface area contributed by atoms with Crippen LogP contribution >= 0.6 is 0 Å². The van der Waals surface area contributed by atoms with Crippen LogP contribution in [0.3, 0.4) is 0 Å². The number of carbonyl (C=O) groups excluding carboxylic acids is 1. The highest BCUT2D eigenvalue weighted by Crippen LogP contribution is 2.06. The summed E-state index contributed by atoms with van der Waals surface area (Å²) in [6, 6.07) is 0. The molecule has 78 valence electrons. The minimum atomic E-state index is -0.0169. The molecule has 0 saturated carbocycles. The van der Waals surface area contributed by atoms with Gasteiger partial charge in [-0.3, -0.25) is 9.48 Å². The number of rotatable bonds is 4. The Labute approximate surface area is 84.3 Å². The molecule has 0 spiro atoms. The maximum Gasteiger partial charge on any atom is 0.254 e. The molecule has 1 heterocycles. The van der Waals surface area contributed by atoms with Crippen molar-refractivity contribution >= 4 is 5.91 Å². The first-order valence-corrected chi connectivity index (χ1v) is 4.99. The second kappa shape index (κ2) is 4.79. The van der Waals surface area contributed by atoms with E-state index >= 15 is 0 Å². The number of amides is 1.